The minimum Gasteiger partial charge on any atom is -0.273 e. The molecule has 0 amide bonds. The Balaban J connectivity index is 1.68. The maximum absolute atomic E-state index is 3.18. The van der Waals surface area contributed by atoms with Gasteiger partial charge < -0.3 is 0 Å². The van der Waals surface area contributed by atoms with Crippen molar-refractivity contribution < 1.29 is 0 Å². The molecule has 0 radical (unpaired) electrons. The van der Waals surface area contributed by atoms with Gasteiger partial charge >= 0.3 is 0 Å². The van der Waals surface area contributed by atoms with Gasteiger partial charge in [-0.15, -0.1) is 0 Å². The first-order chi connectivity index (χ1) is 11.8. The molecule has 3 fully saturated rings. The molecule has 4 heteroatoms. The zero-order valence-corrected chi connectivity index (χ0v) is 19.1. The first kappa shape index (κ1) is 20.0. The van der Waals surface area contributed by atoms with Crippen LogP contribution in [0.1, 0.15) is 78.6 Å². The molecule has 24 heavy (non-hydrogen) atoms. The SMILES string of the molecule is CC[C@@H]1CCCP1CN(CP1CCC[C@H]1CC)P1CCC[C@H]1CC. The van der Waals surface area contributed by atoms with E-state index < -0.39 is 0 Å². The molecule has 3 rings (SSSR count). The van der Waals surface area contributed by atoms with E-state index in [0.29, 0.717) is 15.8 Å². The minimum absolute atomic E-state index is 0.213. The Hall–Kier alpha value is 1.25. The third-order valence-corrected chi connectivity index (χ3v) is 17.0. The third-order valence-electron chi connectivity index (χ3n) is 6.81. The Morgan fingerprint density at radius 3 is 1.62 bits per heavy atom. The van der Waals surface area contributed by atoms with Crippen molar-refractivity contribution in [1.29, 1.82) is 0 Å². The van der Waals surface area contributed by atoms with Crippen molar-refractivity contribution in [3.05, 3.63) is 0 Å². The number of hydrogen-bond donors (Lipinski definition) is 0. The molecule has 3 aliphatic heterocycles. The third kappa shape index (κ3) is 4.75. The highest BCUT2D eigenvalue weighted by Crippen LogP contribution is 2.63. The van der Waals surface area contributed by atoms with E-state index in [-0.39, 0.29) is 8.07 Å². The second-order valence-corrected chi connectivity index (χ2v) is 16.1. The highest BCUT2D eigenvalue weighted by molar-refractivity contribution is 7.63. The van der Waals surface area contributed by atoms with Crippen LogP contribution in [0.15, 0.2) is 0 Å². The predicted octanol–water partition coefficient (Wildman–Crippen LogP) is 7.28. The lowest BCUT2D eigenvalue weighted by atomic mass is 10.2. The zero-order chi connectivity index (χ0) is 16.9. The quantitative estimate of drug-likeness (QED) is 0.396. The van der Waals surface area contributed by atoms with Gasteiger partial charge in [-0.1, -0.05) is 36.6 Å². The lowest BCUT2D eigenvalue weighted by Gasteiger charge is -2.39. The summed E-state index contributed by atoms with van der Waals surface area (Å²) < 4.78 is 3.18. The van der Waals surface area contributed by atoms with Gasteiger partial charge in [-0.2, -0.15) is 0 Å². The largest absolute Gasteiger partial charge is 0.273 e. The Kier molecular flexibility index (Phi) is 8.31. The van der Waals surface area contributed by atoms with Gasteiger partial charge in [0.1, 0.15) is 0 Å². The van der Waals surface area contributed by atoms with Crippen molar-refractivity contribution in [2.45, 2.75) is 95.5 Å². The summed E-state index contributed by atoms with van der Waals surface area (Å²) in [6.45, 7) is 7.38. The topological polar surface area (TPSA) is 3.24 Å². The molecule has 0 spiro atoms. The van der Waals surface area contributed by atoms with E-state index >= 15 is 0 Å². The standard InChI is InChI=1S/C20H40NP3/c1-4-18-10-7-13-22(18)16-21(24-15-9-12-20(24)6-3)17-23-14-8-11-19(23)5-2/h18-20H,4-17H2,1-3H3/t18-,19-,20-,22?,23?,24?/m1/s1. The molecule has 3 unspecified atom stereocenters. The molecule has 0 N–H and O–H groups in total. The molecule has 1 nitrogen and oxygen atoms in total. The highest BCUT2D eigenvalue weighted by atomic mass is 31.1. The molecule has 0 aromatic carbocycles. The molecule has 0 aliphatic carbocycles. The average molecular weight is 387 g/mol. The first-order valence-corrected chi connectivity index (χ1v) is 15.9. The van der Waals surface area contributed by atoms with Gasteiger partial charge in [-0.3, -0.25) is 4.67 Å². The number of nitrogens with zero attached hydrogens (tertiary/aromatic N) is 1. The average Bonchev–Trinajstić information content (AvgIpc) is 3.33. The fourth-order valence-electron chi connectivity index (χ4n) is 5.32. The van der Waals surface area contributed by atoms with E-state index in [0.717, 1.165) is 17.0 Å². The maximum atomic E-state index is 3.18. The summed E-state index contributed by atoms with van der Waals surface area (Å²) in [5, 5.41) is 0. The van der Waals surface area contributed by atoms with Crippen LogP contribution in [-0.2, 0) is 0 Å². The Morgan fingerprint density at radius 2 is 1.12 bits per heavy atom. The van der Waals surface area contributed by atoms with Crippen LogP contribution in [0.3, 0.4) is 0 Å². The van der Waals surface area contributed by atoms with E-state index in [4.69, 9.17) is 0 Å². The molecule has 0 aromatic heterocycles. The zero-order valence-electron chi connectivity index (χ0n) is 16.4. The van der Waals surface area contributed by atoms with Crippen LogP contribution in [-0.4, -0.2) is 52.7 Å². The molecular weight excluding hydrogens is 347 g/mol. The molecule has 6 atom stereocenters. The van der Waals surface area contributed by atoms with Crippen molar-refractivity contribution in [3.8, 4) is 0 Å². The molecule has 140 valence electrons. The summed E-state index contributed by atoms with van der Waals surface area (Å²) in [7, 11) is 0.864. The minimum atomic E-state index is 0.213. The molecule has 0 bridgehead atoms. The van der Waals surface area contributed by atoms with Crippen molar-refractivity contribution in [2.24, 2.45) is 0 Å². The van der Waals surface area contributed by atoms with E-state index in [1.807, 2.05) is 0 Å². The monoisotopic (exact) mass is 387 g/mol. The van der Waals surface area contributed by atoms with Crippen LogP contribution in [0.5, 0.6) is 0 Å². The Bertz CT molecular complexity index is 354. The van der Waals surface area contributed by atoms with E-state index in [2.05, 4.69) is 25.4 Å². The van der Waals surface area contributed by atoms with Crippen molar-refractivity contribution in [3.63, 3.8) is 0 Å². The summed E-state index contributed by atoms with van der Waals surface area (Å²) in [4.78, 5) is 0. The second kappa shape index (κ2) is 9.98. The summed E-state index contributed by atoms with van der Waals surface area (Å²) in [5.41, 5.74) is 3.30. The van der Waals surface area contributed by atoms with Gasteiger partial charge in [0.15, 0.2) is 0 Å². The Labute approximate surface area is 155 Å². The van der Waals surface area contributed by atoms with Crippen molar-refractivity contribution in [2.75, 3.05) is 31.1 Å². The second-order valence-electron chi connectivity index (χ2n) is 8.19. The normalized spacial score (nSPS) is 40.0. The lowest BCUT2D eigenvalue weighted by molar-refractivity contribution is 0.598. The van der Waals surface area contributed by atoms with Crippen molar-refractivity contribution in [1.82, 2.24) is 4.67 Å². The fourth-order valence-corrected chi connectivity index (χ4v) is 16.1. The van der Waals surface area contributed by atoms with Crippen LogP contribution in [0, 0.1) is 0 Å². The summed E-state index contributed by atoms with van der Waals surface area (Å²) in [5.74, 6) is 0. The molecule has 3 saturated heterocycles. The summed E-state index contributed by atoms with van der Waals surface area (Å²) in [6.07, 6.45) is 21.5. The van der Waals surface area contributed by atoms with E-state index in [9.17, 15) is 0 Å². The van der Waals surface area contributed by atoms with Gasteiger partial charge in [0.05, 0.1) is 0 Å². The van der Waals surface area contributed by atoms with Gasteiger partial charge in [-0.25, -0.2) is 0 Å². The van der Waals surface area contributed by atoms with Crippen LogP contribution < -0.4 is 0 Å². The van der Waals surface area contributed by atoms with Gasteiger partial charge in [-0.05, 0) is 101 Å². The van der Waals surface area contributed by atoms with Crippen LogP contribution in [0.2, 0.25) is 0 Å². The van der Waals surface area contributed by atoms with E-state index in [1.54, 1.807) is 63.2 Å². The molecule has 0 aromatic rings. The smallest absolute Gasteiger partial charge is 0.0228 e. The maximum Gasteiger partial charge on any atom is 0.0228 e. The van der Waals surface area contributed by atoms with Crippen LogP contribution >= 0.6 is 23.9 Å². The molecule has 0 saturated carbocycles. The fraction of sp³-hybridized carbons (Fsp3) is 1.00. The Morgan fingerprint density at radius 1 is 0.667 bits per heavy atom. The highest BCUT2D eigenvalue weighted by Gasteiger charge is 2.37. The van der Waals surface area contributed by atoms with Crippen LogP contribution in [0.25, 0.3) is 0 Å². The number of rotatable bonds is 8. The number of hydrogen-bond acceptors (Lipinski definition) is 1. The lowest BCUT2D eigenvalue weighted by Crippen LogP contribution is -2.25. The molecule has 3 heterocycles. The molecular formula is C20H40NP3. The van der Waals surface area contributed by atoms with Gasteiger partial charge in [0, 0.05) is 12.6 Å². The summed E-state index contributed by atoms with van der Waals surface area (Å²) >= 11 is 0. The molecule has 3 aliphatic rings. The summed E-state index contributed by atoms with van der Waals surface area (Å²) in [6, 6.07) is 0. The van der Waals surface area contributed by atoms with E-state index in [1.165, 1.54) is 25.7 Å². The predicted molar refractivity (Wildman–Crippen MR) is 117 cm³/mol. The van der Waals surface area contributed by atoms with Crippen LogP contribution in [0.4, 0.5) is 0 Å². The van der Waals surface area contributed by atoms with Gasteiger partial charge in [0.25, 0.3) is 0 Å². The van der Waals surface area contributed by atoms with Gasteiger partial charge in [0.2, 0.25) is 0 Å². The van der Waals surface area contributed by atoms with Crippen molar-refractivity contribution >= 4 is 23.9 Å². The first-order valence-electron chi connectivity index (χ1n) is 10.8.